The maximum Gasteiger partial charge on any atom is 0.307 e. The van der Waals surface area contributed by atoms with Crippen molar-refractivity contribution in [1.82, 2.24) is 4.98 Å². The number of benzene rings is 2. The number of nitrogens with one attached hydrogen (secondary N) is 1. The first-order valence-electron chi connectivity index (χ1n) is 9.72. The third-order valence-electron chi connectivity index (χ3n) is 5.15. The van der Waals surface area contributed by atoms with Crippen LogP contribution in [0.2, 0.25) is 5.02 Å². The first kappa shape index (κ1) is 23.7. The Morgan fingerprint density at radius 2 is 1.85 bits per heavy atom. The second-order valence-corrected chi connectivity index (χ2v) is 9.75. The van der Waals surface area contributed by atoms with Gasteiger partial charge in [0.05, 0.1) is 40.4 Å². The van der Waals surface area contributed by atoms with Crippen LogP contribution in [0.25, 0.3) is 5.57 Å². The molecule has 0 saturated heterocycles. The summed E-state index contributed by atoms with van der Waals surface area (Å²) in [5, 5.41) is 11.8. The van der Waals surface area contributed by atoms with Gasteiger partial charge in [0.15, 0.2) is 0 Å². The summed E-state index contributed by atoms with van der Waals surface area (Å²) >= 11 is 5.82. The maximum absolute atomic E-state index is 15.0. The van der Waals surface area contributed by atoms with Crippen LogP contribution >= 0.6 is 11.6 Å². The van der Waals surface area contributed by atoms with Gasteiger partial charge in [0.25, 0.3) is 0 Å². The number of aromatic nitrogens is 1. The minimum Gasteiger partial charge on any atom is -0.481 e. The van der Waals surface area contributed by atoms with Crippen LogP contribution in [0.5, 0.6) is 0 Å². The highest BCUT2D eigenvalue weighted by Gasteiger charge is 2.32. The first-order valence-corrected chi connectivity index (χ1v) is 11.6. The van der Waals surface area contributed by atoms with E-state index in [-0.39, 0.29) is 26.9 Å². The number of sulfone groups is 1. The molecule has 1 aliphatic heterocycles. The van der Waals surface area contributed by atoms with Crippen molar-refractivity contribution >= 4 is 44.4 Å². The molecule has 1 aliphatic rings. The van der Waals surface area contributed by atoms with Gasteiger partial charge in [-0.1, -0.05) is 11.6 Å². The van der Waals surface area contributed by atoms with Gasteiger partial charge in [0.2, 0.25) is 9.84 Å². The molecule has 34 heavy (non-hydrogen) atoms. The molecule has 0 fully saturated rings. The zero-order valence-electron chi connectivity index (χ0n) is 17.3. The molecule has 0 radical (unpaired) electrons. The fourth-order valence-corrected chi connectivity index (χ4v) is 5.50. The number of rotatable bonds is 6. The number of fused-ring (bicyclic) bond motifs is 1. The maximum atomic E-state index is 15.0. The van der Waals surface area contributed by atoms with Crippen LogP contribution < -0.4 is 15.9 Å². The van der Waals surface area contributed by atoms with Crippen molar-refractivity contribution in [2.75, 3.05) is 5.32 Å². The molecule has 0 spiro atoms. The lowest BCUT2D eigenvalue weighted by Gasteiger charge is -2.13. The number of carboxylic acids is 1. The highest BCUT2D eigenvalue weighted by Crippen LogP contribution is 2.30. The van der Waals surface area contributed by atoms with E-state index in [9.17, 15) is 31.5 Å². The number of carboxylic acid groups (broad SMARTS) is 1. The topological polar surface area (TPSA) is 109 Å². The minimum absolute atomic E-state index is 0.0493. The second kappa shape index (κ2) is 8.73. The van der Waals surface area contributed by atoms with E-state index in [1.54, 1.807) is 0 Å². The summed E-state index contributed by atoms with van der Waals surface area (Å²) in [5.41, 5.74) is -0.133. The number of carbonyl (C=O) groups is 1. The number of nitrogens with zero attached hydrogens (tertiary/aromatic N) is 2. The molecule has 0 aliphatic carbocycles. The van der Waals surface area contributed by atoms with Gasteiger partial charge in [-0.2, -0.15) is 0 Å². The van der Waals surface area contributed by atoms with Gasteiger partial charge in [0, 0.05) is 17.5 Å². The number of pyridine rings is 1. The highest BCUT2D eigenvalue weighted by molar-refractivity contribution is 7.91. The molecule has 176 valence electrons. The van der Waals surface area contributed by atoms with Crippen LogP contribution in [-0.2, 0) is 14.6 Å². The number of anilines is 2. The summed E-state index contributed by atoms with van der Waals surface area (Å²) in [5.74, 6) is -5.00. The van der Waals surface area contributed by atoms with Crippen molar-refractivity contribution in [2.45, 2.75) is 29.2 Å². The SMILES string of the molecule is CC1N=c2ccc(F)c(S(=O)(=O)c3cc(F)c(Nc4cncc(Cl)c4)cc3F)c2=C1CC(=O)O. The number of halogens is 4. The average Bonchev–Trinajstić information content (AvgIpc) is 3.04. The first-order chi connectivity index (χ1) is 16.0. The largest absolute Gasteiger partial charge is 0.481 e. The van der Waals surface area contributed by atoms with Crippen molar-refractivity contribution in [3.05, 3.63) is 75.8 Å². The molecule has 3 aromatic rings. The molecule has 0 amide bonds. The molecular weight excluding hydrogens is 495 g/mol. The van der Waals surface area contributed by atoms with Crippen LogP contribution in [0.4, 0.5) is 24.5 Å². The number of hydrogen-bond donors (Lipinski definition) is 2. The van der Waals surface area contributed by atoms with Crippen LogP contribution in [-0.4, -0.2) is 30.5 Å². The molecule has 12 heteroatoms. The van der Waals surface area contributed by atoms with Crippen molar-refractivity contribution < 1.29 is 31.5 Å². The smallest absolute Gasteiger partial charge is 0.307 e. The number of aliphatic carboxylic acids is 1. The zero-order chi connectivity index (χ0) is 24.8. The van der Waals surface area contributed by atoms with E-state index in [4.69, 9.17) is 11.6 Å². The molecule has 0 saturated carbocycles. The molecule has 2 heterocycles. The van der Waals surface area contributed by atoms with Crippen LogP contribution in [0, 0.1) is 17.5 Å². The molecule has 2 N–H and O–H groups in total. The predicted molar refractivity (Wildman–Crippen MR) is 117 cm³/mol. The van der Waals surface area contributed by atoms with E-state index in [1.807, 2.05) is 0 Å². The standard InChI is InChI=1S/C22H15ClF3N3O4S/c1-10-13(5-20(30)31)21-17(28-10)3-2-14(24)22(21)34(32,33)19-7-15(25)18(6-16(19)26)29-12-4-11(23)8-27-9-12/h2-4,6-10,29H,5H2,1H3,(H,30,31). The Balaban J connectivity index is 1.89. The Morgan fingerprint density at radius 1 is 1.12 bits per heavy atom. The third kappa shape index (κ3) is 4.24. The highest BCUT2D eigenvalue weighted by atomic mass is 35.5. The predicted octanol–water partition coefficient (Wildman–Crippen LogP) is 3.38. The van der Waals surface area contributed by atoms with E-state index < -0.39 is 61.2 Å². The fourth-order valence-electron chi connectivity index (χ4n) is 3.70. The molecule has 1 atom stereocenters. The van der Waals surface area contributed by atoms with Gasteiger partial charge in [-0.25, -0.2) is 21.6 Å². The van der Waals surface area contributed by atoms with Gasteiger partial charge in [-0.3, -0.25) is 14.8 Å². The van der Waals surface area contributed by atoms with Crippen molar-refractivity contribution in [1.29, 1.82) is 0 Å². The Hall–Kier alpha value is -3.44. The second-order valence-electron chi connectivity index (χ2n) is 7.45. The Labute approximate surface area is 196 Å². The van der Waals surface area contributed by atoms with Crippen molar-refractivity contribution in [2.24, 2.45) is 4.99 Å². The fraction of sp³-hybridized carbons (Fsp3) is 0.136. The van der Waals surface area contributed by atoms with E-state index in [2.05, 4.69) is 15.3 Å². The lowest BCUT2D eigenvalue weighted by Crippen LogP contribution is -2.32. The van der Waals surface area contributed by atoms with Crippen LogP contribution in [0.3, 0.4) is 0 Å². The zero-order valence-corrected chi connectivity index (χ0v) is 18.9. The summed E-state index contributed by atoms with van der Waals surface area (Å²) < 4.78 is 71.3. The summed E-state index contributed by atoms with van der Waals surface area (Å²) in [7, 11) is -4.96. The lowest BCUT2D eigenvalue weighted by atomic mass is 10.0. The van der Waals surface area contributed by atoms with Crippen molar-refractivity contribution in [3.8, 4) is 0 Å². The molecule has 4 rings (SSSR count). The minimum atomic E-state index is -4.96. The van der Waals surface area contributed by atoms with Gasteiger partial charge in [0.1, 0.15) is 27.2 Å². The average molecular weight is 510 g/mol. The van der Waals surface area contributed by atoms with Gasteiger partial charge in [-0.15, -0.1) is 0 Å². The molecule has 0 bridgehead atoms. The Morgan fingerprint density at radius 3 is 2.53 bits per heavy atom. The summed E-state index contributed by atoms with van der Waals surface area (Å²) in [6.07, 6.45) is 2.02. The van der Waals surface area contributed by atoms with E-state index in [0.29, 0.717) is 12.1 Å². The van der Waals surface area contributed by atoms with Crippen LogP contribution in [0.15, 0.2) is 57.5 Å². The summed E-state index contributed by atoms with van der Waals surface area (Å²) in [6, 6.07) is 3.74. The van der Waals surface area contributed by atoms with Gasteiger partial charge in [-0.05, 0) is 36.8 Å². The molecule has 1 unspecified atom stereocenters. The van der Waals surface area contributed by atoms with E-state index in [0.717, 1.165) is 6.07 Å². The monoisotopic (exact) mass is 509 g/mol. The summed E-state index contributed by atoms with van der Waals surface area (Å²) in [6.45, 7) is 1.53. The molecule has 2 aromatic carbocycles. The van der Waals surface area contributed by atoms with Gasteiger partial charge >= 0.3 is 5.97 Å². The molecular formula is C22H15ClF3N3O4S. The molecule has 7 nitrogen and oxygen atoms in total. The van der Waals surface area contributed by atoms with Crippen LogP contribution in [0.1, 0.15) is 13.3 Å². The normalized spacial score (nSPS) is 15.1. The Kier molecular flexibility index (Phi) is 6.09. The third-order valence-corrected chi connectivity index (χ3v) is 7.19. The van der Waals surface area contributed by atoms with E-state index >= 15 is 0 Å². The van der Waals surface area contributed by atoms with Gasteiger partial charge < -0.3 is 10.4 Å². The lowest BCUT2D eigenvalue weighted by molar-refractivity contribution is -0.135. The summed E-state index contributed by atoms with van der Waals surface area (Å²) in [4.78, 5) is 17.2. The number of hydrogen-bond acceptors (Lipinski definition) is 6. The quantitative estimate of drug-likeness (QED) is 0.527. The molecule has 1 aromatic heterocycles. The Bertz CT molecular complexity index is 1580. The van der Waals surface area contributed by atoms with E-state index in [1.165, 1.54) is 31.5 Å². The van der Waals surface area contributed by atoms with Crippen molar-refractivity contribution in [3.63, 3.8) is 0 Å².